The molecule has 1 aromatic carbocycles. The van der Waals surface area contributed by atoms with E-state index in [4.69, 9.17) is 15.2 Å². The summed E-state index contributed by atoms with van der Waals surface area (Å²) in [5, 5.41) is 0. The van der Waals surface area contributed by atoms with Gasteiger partial charge in [0.05, 0.1) is 7.11 Å². The Balaban J connectivity index is 2.67. The van der Waals surface area contributed by atoms with Crippen LogP contribution in [0.3, 0.4) is 0 Å². The molecule has 1 aromatic rings. The van der Waals surface area contributed by atoms with E-state index >= 15 is 0 Å². The molecule has 0 aliphatic heterocycles. The number of ether oxygens (including phenoxy) is 3. The third-order valence-corrected chi connectivity index (χ3v) is 2.84. The molecule has 7 heteroatoms. The maximum absolute atomic E-state index is 12.0. The monoisotopic (exact) mass is 307 g/mol. The van der Waals surface area contributed by atoms with Gasteiger partial charge in [0.15, 0.2) is 6.79 Å². The lowest BCUT2D eigenvalue weighted by atomic mass is 10.0. The lowest BCUT2D eigenvalue weighted by Gasteiger charge is -2.16. The number of hydrogen-bond donors (Lipinski definition) is 1. The summed E-state index contributed by atoms with van der Waals surface area (Å²) >= 11 is 0. The smallest absolute Gasteiger partial charge is 0.411 e. The van der Waals surface area contributed by atoms with Crippen LogP contribution in [-0.2, 0) is 11.2 Å². The fraction of sp³-hybridized carbons (Fsp3) is 0.571. The highest BCUT2D eigenvalue weighted by molar-refractivity contribution is 5.41. The molecule has 0 aliphatic carbocycles. The Morgan fingerprint density at radius 1 is 1.29 bits per heavy atom. The van der Waals surface area contributed by atoms with Gasteiger partial charge in [0.2, 0.25) is 0 Å². The average molecular weight is 307 g/mol. The van der Waals surface area contributed by atoms with Crippen molar-refractivity contribution >= 4 is 0 Å². The quantitative estimate of drug-likeness (QED) is 0.593. The van der Waals surface area contributed by atoms with Crippen LogP contribution < -0.4 is 15.2 Å². The Morgan fingerprint density at radius 2 is 2.00 bits per heavy atom. The number of rotatable bonds is 8. The Hall–Kier alpha value is -1.47. The molecule has 1 rings (SSSR count). The zero-order valence-corrected chi connectivity index (χ0v) is 12.1. The van der Waals surface area contributed by atoms with Gasteiger partial charge in [-0.2, -0.15) is 13.2 Å². The van der Waals surface area contributed by atoms with E-state index < -0.39 is 19.6 Å². The summed E-state index contributed by atoms with van der Waals surface area (Å²) < 4.78 is 50.7. The molecule has 4 nitrogen and oxygen atoms in total. The van der Waals surface area contributed by atoms with Gasteiger partial charge in [0.1, 0.15) is 18.1 Å². The van der Waals surface area contributed by atoms with Gasteiger partial charge in [0, 0.05) is 12.1 Å². The summed E-state index contributed by atoms with van der Waals surface area (Å²) in [6.45, 7) is 0.128. The minimum Gasteiger partial charge on any atom is -0.497 e. The number of methoxy groups -OCH3 is 1. The lowest BCUT2D eigenvalue weighted by molar-refractivity contribution is -0.186. The maximum atomic E-state index is 12.0. The van der Waals surface area contributed by atoms with Gasteiger partial charge in [-0.15, -0.1) is 0 Å². The topological polar surface area (TPSA) is 53.7 Å². The van der Waals surface area contributed by atoms with E-state index in [-0.39, 0.29) is 6.04 Å². The Kier molecular flexibility index (Phi) is 6.77. The van der Waals surface area contributed by atoms with E-state index in [1.165, 1.54) is 7.11 Å². The van der Waals surface area contributed by atoms with Crippen LogP contribution in [0.2, 0.25) is 0 Å². The number of halogens is 3. The molecule has 0 saturated heterocycles. The molecule has 1 unspecified atom stereocenters. The zero-order valence-electron chi connectivity index (χ0n) is 12.1. The second-order valence-electron chi connectivity index (χ2n) is 4.57. The van der Waals surface area contributed by atoms with E-state index in [1.54, 1.807) is 18.2 Å². The first-order chi connectivity index (χ1) is 9.85. The molecule has 120 valence electrons. The van der Waals surface area contributed by atoms with Crippen molar-refractivity contribution in [1.82, 2.24) is 0 Å². The molecule has 0 aromatic heterocycles. The number of alkyl halides is 3. The fourth-order valence-corrected chi connectivity index (χ4v) is 1.65. The van der Waals surface area contributed by atoms with Crippen molar-refractivity contribution in [2.45, 2.75) is 32.0 Å². The predicted octanol–water partition coefficient (Wildman–Crippen LogP) is 2.89. The molecular weight excluding hydrogens is 287 g/mol. The van der Waals surface area contributed by atoms with Crippen molar-refractivity contribution < 1.29 is 27.4 Å². The Morgan fingerprint density at radius 3 is 2.57 bits per heavy atom. The summed E-state index contributed by atoms with van der Waals surface area (Å²) in [4.78, 5) is 0. The Labute approximate surface area is 122 Å². The number of nitrogens with two attached hydrogens (primary N) is 1. The lowest BCUT2D eigenvalue weighted by Crippen LogP contribution is -2.22. The summed E-state index contributed by atoms with van der Waals surface area (Å²) in [5.41, 5.74) is 6.70. The van der Waals surface area contributed by atoms with Gasteiger partial charge in [-0.3, -0.25) is 0 Å². The number of benzene rings is 1. The summed E-state index contributed by atoms with van der Waals surface area (Å²) in [5.74, 6) is 0.968. The van der Waals surface area contributed by atoms with E-state index in [9.17, 15) is 13.2 Å². The van der Waals surface area contributed by atoms with Crippen LogP contribution >= 0.6 is 0 Å². The first kappa shape index (κ1) is 17.6. The third kappa shape index (κ3) is 6.68. The minimum absolute atomic E-state index is 0.0446. The second kappa shape index (κ2) is 8.09. The first-order valence-corrected chi connectivity index (χ1v) is 6.55. The van der Waals surface area contributed by atoms with Gasteiger partial charge >= 0.3 is 6.18 Å². The van der Waals surface area contributed by atoms with E-state index in [0.717, 1.165) is 12.0 Å². The van der Waals surface area contributed by atoms with Crippen LogP contribution in [0, 0.1) is 0 Å². The molecule has 0 saturated carbocycles. The summed E-state index contributed by atoms with van der Waals surface area (Å²) in [7, 11) is 1.50. The largest absolute Gasteiger partial charge is 0.497 e. The van der Waals surface area contributed by atoms with Gasteiger partial charge in [-0.1, -0.05) is 13.0 Å². The molecule has 0 radical (unpaired) electrons. The number of hydrogen-bond acceptors (Lipinski definition) is 4. The zero-order chi connectivity index (χ0) is 15.9. The molecule has 21 heavy (non-hydrogen) atoms. The van der Waals surface area contributed by atoms with Gasteiger partial charge in [0.25, 0.3) is 0 Å². The van der Waals surface area contributed by atoms with Crippen LogP contribution in [0.5, 0.6) is 11.5 Å². The van der Waals surface area contributed by atoms with Crippen molar-refractivity contribution in [2.24, 2.45) is 5.73 Å². The predicted molar refractivity (Wildman–Crippen MR) is 72.5 cm³/mol. The van der Waals surface area contributed by atoms with Crippen LogP contribution in [-0.4, -0.2) is 32.7 Å². The summed E-state index contributed by atoms with van der Waals surface area (Å²) in [6, 6.07) is 5.10. The maximum Gasteiger partial charge on any atom is 0.411 e. The van der Waals surface area contributed by atoms with Crippen molar-refractivity contribution in [1.29, 1.82) is 0 Å². The highest BCUT2D eigenvalue weighted by Crippen LogP contribution is 2.26. The minimum atomic E-state index is -4.37. The Bertz CT molecular complexity index is 438. The van der Waals surface area contributed by atoms with E-state index in [1.807, 2.05) is 6.92 Å². The first-order valence-electron chi connectivity index (χ1n) is 6.55. The van der Waals surface area contributed by atoms with Gasteiger partial charge in [-0.25, -0.2) is 0 Å². The molecule has 0 spiro atoms. The van der Waals surface area contributed by atoms with Crippen LogP contribution in [0.15, 0.2) is 18.2 Å². The molecule has 0 amide bonds. The molecule has 0 heterocycles. The molecular formula is C14H20F3NO3. The molecule has 1 atom stereocenters. The van der Waals surface area contributed by atoms with Gasteiger partial charge in [-0.05, 0) is 24.5 Å². The highest BCUT2D eigenvalue weighted by atomic mass is 19.4. The van der Waals surface area contributed by atoms with E-state index in [0.29, 0.717) is 17.9 Å². The average Bonchev–Trinajstić information content (AvgIpc) is 2.43. The van der Waals surface area contributed by atoms with Crippen LogP contribution in [0.4, 0.5) is 13.2 Å². The SMILES string of the molecule is CCC(N)Cc1ccc(OC)cc1OCOCC(F)(F)F. The molecule has 2 N–H and O–H groups in total. The van der Waals surface area contributed by atoms with Crippen molar-refractivity contribution in [3.8, 4) is 11.5 Å². The molecule has 0 fully saturated rings. The second-order valence-corrected chi connectivity index (χ2v) is 4.57. The van der Waals surface area contributed by atoms with Crippen LogP contribution in [0.25, 0.3) is 0 Å². The molecule has 0 bridgehead atoms. The third-order valence-electron chi connectivity index (χ3n) is 2.84. The van der Waals surface area contributed by atoms with Crippen molar-refractivity contribution in [3.63, 3.8) is 0 Å². The normalized spacial score (nSPS) is 13.0. The van der Waals surface area contributed by atoms with Crippen LogP contribution in [0.1, 0.15) is 18.9 Å². The van der Waals surface area contributed by atoms with Crippen molar-refractivity contribution in [2.75, 3.05) is 20.5 Å². The highest BCUT2D eigenvalue weighted by Gasteiger charge is 2.27. The fourth-order valence-electron chi connectivity index (χ4n) is 1.65. The van der Waals surface area contributed by atoms with Crippen molar-refractivity contribution in [3.05, 3.63) is 23.8 Å². The van der Waals surface area contributed by atoms with E-state index in [2.05, 4.69) is 4.74 Å². The van der Waals surface area contributed by atoms with Gasteiger partial charge < -0.3 is 19.9 Å². The summed E-state index contributed by atoms with van der Waals surface area (Å²) in [6.07, 6.45) is -3.02. The molecule has 0 aliphatic rings. The standard InChI is InChI=1S/C14H20F3NO3/c1-3-11(18)6-10-4-5-12(19-2)7-13(10)21-9-20-8-14(15,16)17/h4-5,7,11H,3,6,8-9,18H2,1-2H3.